The molecule has 0 aromatic heterocycles. The fourth-order valence-corrected chi connectivity index (χ4v) is 1.58. The van der Waals surface area contributed by atoms with E-state index in [4.69, 9.17) is 14.6 Å². The fourth-order valence-electron chi connectivity index (χ4n) is 1.58. The van der Waals surface area contributed by atoms with Gasteiger partial charge in [0, 0.05) is 12.1 Å². The standard InChI is InChI=1S/C12H17NO4/c1-13(8-12(14)15)7-9-6-10(16-2)4-5-11(9)17-3/h4-6H,7-8H2,1-3H3,(H,14,15). The zero-order valence-corrected chi connectivity index (χ0v) is 10.3. The number of hydrogen-bond acceptors (Lipinski definition) is 4. The Morgan fingerprint density at radius 3 is 2.59 bits per heavy atom. The maximum Gasteiger partial charge on any atom is 0.317 e. The predicted molar refractivity (Wildman–Crippen MR) is 63.5 cm³/mol. The van der Waals surface area contributed by atoms with Gasteiger partial charge in [-0.05, 0) is 25.2 Å². The average molecular weight is 239 g/mol. The highest BCUT2D eigenvalue weighted by molar-refractivity contribution is 5.69. The first-order chi connectivity index (χ1) is 8.06. The third-order valence-electron chi connectivity index (χ3n) is 2.33. The van der Waals surface area contributed by atoms with E-state index in [1.54, 1.807) is 32.2 Å². The first kappa shape index (κ1) is 13.3. The van der Waals surface area contributed by atoms with Crippen LogP contribution in [0.4, 0.5) is 0 Å². The van der Waals surface area contributed by atoms with E-state index in [0.29, 0.717) is 6.54 Å². The van der Waals surface area contributed by atoms with Gasteiger partial charge in [-0.25, -0.2) is 0 Å². The predicted octanol–water partition coefficient (Wildman–Crippen LogP) is 1.22. The summed E-state index contributed by atoms with van der Waals surface area (Å²) in [7, 11) is 4.92. The van der Waals surface area contributed by atoms with E-state index in [9.17, 15) is 4.79 Å². The highest BCUT2D eigenvalue weighted by Gasteiger charge is 2.10. The maximum absolute atomic E-state index is 10.6. The van der Waals surface area contributed by atoms with Gasteiger partial charge in [0.15, 0.2) is 0 Å². The SMILES string of the molecule is COc1ccc(OC)c(CN(C)CC(=O)O)c1. The number of ether oxygens (including phenoxy) is 2. The second kappa shape index (κ2) is 6.10. The van der Waals surface area contributed by atoms with Crippen LogP contribution in [-0.4, -0.2) is 43.8 Å². The van der Waals surface area contributed by atoms with Crippen molar-refractivity contribution in [3.8, 4) is 11.5 Å². The second-order valence-corrected chi connectivity index (χ2v) is 3.74. The van der Waals surface area contributed by atoms with Crippen LogP contribution in [0.5, 0.6) is 11.5 Å². The molecule has 0 radical (unpaired) electrons. The molecule has 0 aliphatic rings. The lowest BCUT2D eigenvalue weighted by Gasteiger charge is -2.17. The lowest BCUT2D eigenvalue weighted by molar-refractivity contribution is -0.138. The Morgan fingerprint density at radius 1 is 1.35 bits per heavy atom. The van der Waals surface area contributed by atoms with Crippen molar-refractivity contribution in [1.82, 2.24) is 4.90 Å². The molecule has 0 aliphatic carbocycles. The molecular weight excluding hydrogens is 222 g/mol. The molecule has 0 atom stereocenters. The Labute approximate surface area is 101 Å². The van der Waals surface area contributed by atoms with E-state index >= 15 is 0 Å². The summed E-state index contributed by atoms with van der Waals surface area (Å²) in [6.07, 6.45) is 0. The first-order valence-electron chi connectivity index (χ1n) is 5.18. The summed E-state index contributed by atoms with van der Waals surface area (Å²) in [6, 6.07) is 5.46. The minimum absolute atomic E-state index is 0.0135. The van der Waals surface area contributed by atoms with E-state index in [0.717, 1.165) is 17.1 Å². The van der Waals surface area contributed by atoms with Crippen LogP contribution < -0.4 is 9.47 Å². The first-order valence-corrected chi connectivity index (χ1v) is 5.18. The van der Waals surface area contributed by atoms with Crippen molar-refractivity contribution < 1.29 is 19.4 Å². The molecule has 0 saturated heterocycles. The molecule has 0 amide bonds. The van der Waals surface area contributed by atoms with Gasteiger partial charge in [0.25, 0.3) is 0 Å². The van der Waals surface area contributed by atoms with Crippen LogP contribution in [-0.2, 0) is 11.3 Å². The van der Waals surface area contributed by atoms with E-state index < -0.39 is 5.97 Å². The number of likely N-dealkylation sites (N-methyl/N-ethyl adjacent to an activating group) is 1. The van der Waals surface area contributed by atoms with Crippen molar-refractivity contribution in [2.24, 2.45) is 0 Å². The zero-order chi connectivity index (χ0) is 12.8. The smallest absolute Gasteiger partial charge is 0.317 e. The Balaban J connectivity index is 2.83. The second-order valence-electron chi connectivity index (χ2n) is 3.74. The molecule has 0 aliphatic heterocycles. The van der Waals surface area contributed by atoms with Gasteiger partial charge < -0.3 is 14.6 Å². The van der Waals surface area contributed by atoms with Gasteiger partial charge in [-0.3, -0.25) is 9.69 Å². The lowest BCUT2D eigenvalue weighted by atomic mass is 10.1. The van der Waals surface area contributed by atoms with Crippen LogP contribution >= 0.6 is 0 Å². The number of methoxy groups -OCH3 is 2. The lowest BCUT2D eigenvalue weighted by Crippen LogP contribution is -2.25. The summed E-state index contributed by atoms with van der Waals surface area (Å²) in [4.78, 5) is 12.3. The number of carboxylic acid groups (broad SMARTS) is 1. The third-order valence-corrected chi connectivity index (χ3v) is 2.33. The average Bonchev–Trinajstić information content (AvgIpc) is 2.27. The highest BCUT2D eigenvalue weighted by Crippen LogP contribution is 2.24. The molecular formula is C12H17NO4. The minimum atomic E-state index is -0.852. The normalized spacial score (nSPS) is 10.4. The van der Waals surface area contributed by atoms with Crippen LogP contribution in [0.1, 0.15) is 5.56 Å². The minimum Gasteiger partial charge on any atom is -0.497 e. The molecule has 94 valence electrons. The van der Waals surface area contributed by atoms with Crippen LogP contribution in [0, 0.1) is 0 Å². The summed E-state index contributed by atoms with van der Waals surface area (Å²) in [5.41, 5.74) is 0.899. The van der Waals surface area contributed by atoms with Crippen molar-refractivity contribution in [2.75, 3.05) is 27.8 Å². The van der Waals surface area contributed by atoms with E-state index in [1.165, 1.54) is 0 Å². The van der Waals surface area contributed by atoms with Crippen molar-refractivity contribution >= 4 is 5.97 Å². The molecule has 1 N–H and O–H groups in total. The van der Waals surface area contributed by atoms with Gasteiger partial charge in [-0.2, -0.15) is 0 Å². The van der Waals surface area contributed by atoms with Gasteiger partial charge in [-0.1, -0.05) is 0 Å². The molecule has 1 rings (SSSR count). The van der Waals surface area contributed by atoms with Crippen molar-refractivity contribution in [2.45, 2.75) is 6.54 Å². The van der Waals surface area contributed by atoms with Gasteiger partial charge in [0.1, 0.15) is 11.5 Å². The molecule has 0 spiro atoms. The van der Waals surface area contributed by atoms with E-state index in [1.807, 2.05) is 12.1 Å². The Bertz CT molecular complexity index is 392. The third kappa shape index (κ3) is 3.96. The van der Waals surface area contributed by atoms with Crippen molar-refractivity contribution in [1.29, 1.82) is 0 Å². The molecule has 5 nitrogen and oxygen atoms in total. The monoisotopic (exact) mass is 239 g/mol. The summed E-state index contributed by atoms with van der Waals surface area (Å²) in [5, 5.41) is 8.69. The van der Waals surface area contributed by atoms with Crippen LogP contribution in [0.2, 0.25) is 0 Å². The van der Waals surface area contributed by atoms with Crippen molar-refractivity contribution in [3.05, 3.63) is 23.8 Å². The number of carbonyl (C=O) groups is 1. The number of rotatable bonds is 6. The van der Waals surface area contributed by atoms with Gasteiger partial charge in [0.2, 0.25) is 0 Å². The van der Waals surface area contributed by atoms with Gasteiger partial charge >= 0.3 is 5.97 Å². The number of carboxylic acids is 1. The van der Waals surface area contributed by atoms with Crippen LogP contribution in [0.15, 0.2) is 18.2 Å². The molecule has 1 aromatic carbocycles. The highest BCUT2D eigenvalue weighted by atomic mass is 16.5. The number of aliphatic carboxylic acids is 1. The summed E-state index contributed by atoms with van der Waals surface area (Å²) < 4.78 is 10.3. The quantitative estimate of drug-likeness (QED) is 0.808. The Kier molecular flexibility index (Phi) is 4.78. The number of hydrogen-bond donors (Lipinski definition) is 1. The van der Waals surface area contributed by atoms with E-state index in [2.05, 4.69) is 0 Å². The molecule has 0 unspecified atom stereocenters. The molecule has 0 heterocycles. The summed E-state index contributed by atoms with van der Waals surface area (Å²) >= 11 is 0. The van der Waals surface area contributed by atoms with Crippen LogP contribution in [0.3, 0.4) is 0 Å². The zero-order valence-electron chi connectivity index (χ0n) is 10.3. The Morgan fingerprint density at radius 2 is 2.06 bits per heavy atom. The summed E-state index contributed by atoms with van der Waals surface area (Å²) in [6.45, 7) is 0.479. The summed E-state index contributed by atoms with van der Waals surface area (Å²) in [5.74, 6) is 0.599. The van der Waals surface area contributed by atoms with E-state index in [-0.39, 0.29) is 6.54 Å². The van der Waals surface area contributed by atoms with Crippen molar-refractivity contribution in [3.63, 3.8) is 0 Å². The Hall–Kier alpha value is -1.75. The maximum atomic E-state index is 10.6. The molecule has 5 heteroatoms. The largest absolute Gasteiger partial charge is 0.497 e. The van der Waals surface area contributed by atoms with Gasteiger partial charge in [0.05, 0.1) is 20.8 Å². The fraction of sp³-hybridized carbons (Fsp3) is 0.417. The molecule has 0 fully saturated rings. The molecule has 17 heavy (non-hydrogen) atoms. The number of nitrogens with zero attached hydrogens (tertiary/aromatic N) is 1. The topological polar surface area (TPSA) is 59.0 Å². The number of benzene rings is 1. The molecule has 0 bridgehead atoms. The van der Waals surface area contributed by atoms with Gasteiger partial charge in [-0.15, -0.1) is 0 Å². The molecule has 0 saturated carbocycles. The van der Waals surface area contributed by atoms with Crippen LogP contribution in [0.25, 0.3) is 0 Å². The molecule has 1 aromatic rings.